The molecule has 2 unspecified atom stereocenters. The van der Waals surface area contributed by atoms with E-state index in [1.54, 1.807) is 0 Å². The maximum absolute atomic E-state index is 11.7. The number of hydrogen-bond acceptors (Lipinski definition) is 1. The van der Waals surface area contributed by atoms with E-state index in [0.29, 0.717) is 5.92 Å². The lowest BCUT2D eigenvalue weighted by Crippen LogP contribution is -2.15. The molecular formula is C12H14BrNO. The smallest absolute Gasteiger partial charge is 0.227 e. The first-order chi connectivity index (χ1) is 7.08. The van der Waals surface area contributed by atoms with Gasteiger partial charge in [-0.1, -0.05) is 22.9 Å². The first-order valence-electron chi connectivity index (χ1n) is 5.15. The van der Waals surface area contributed by atoms with Gasteiger partial charge in [-0.25, -0.2) is 0 Å². The van der Waals surface area contributed by atoms with Gasteiger partial charge in [0.15, 0.2) is 0 Å². The molecule has 1 saturated carbocycles. The first kappa shape index (κ1) is 10.7. The molecule has 0 spiro atoms. The quantitative estimate of drug-likeness (QED) is 0.875. The highest BCUT2D eigenvalue weighted by molar-refractivity contribution is 9.10. The second-order valence-electron chi connectivity index (χ2n) is 4.27. The Morgan fingerprint density at radius 3 is 2.73 bits per heavy atom. The first-order valence-corrected chi connectivity index (χ1v) is 5.94. The second kappa shape index (κ2) is 3.97. The van der Waals surface area contributed by atoms with Crippen molar-refractivity contribution in [2.45, 2.75) is 20.3 Å². The number of amides is 1. The molecule has 80 valence electrons. The van der Waals surface area contributed by atoms with Gasteiger partial charge in [0.25, 0.3) is 0 Å². The van der Waals surface area contributed by atoms with Gasteiger partial charge < -0.3 is 5.32 Å². The summed E-state index contributed by atoms with van der Waals surface area (Å²) in [4.78, 5) is 11.7. The third-order valence-electron chi connectivity index (χ3n) is 2.89. The monoisotopic (exact) mass is 267 g/mol. The van der Waals surface area contributed by atoms with E-state index in [9.17, 15) is 4.79 Å². The van der Waals surface area contributed by atoms with Crippen molar-refractivity contribution < 1.29 is 4.79 Å². The Balaban J connectivity index is 2.07. The Kier molecular flexibility index (Phi) is 2.83. The van der Waals surface area contributed by atoms with Crippen LogP contribution in [-0.4, -0.2) is 5.91 Å². The molecule has 1 aromatic carbocycles. The number of rotatable bonds is 2. The van der Waals surface area contributed by atoms with Gasteiger partial charge in [-0.3, -0.25) is 4.79 Å². The Hall–Kier alpha value is -0.830. The molecule has 3 heteroatoms. The van der Waals surface area contributed by atoms with Gasteiger partial charge in [0.05, 0.1) is 0 Å². The van der Waals surface area contributed by atoms with Crippen molar-refractivity contribution in [3.05, 3.63) is 28.2 Å². The van der Waals surface area contributed by atoms with Crippen molar-refractivity contribution in [3.63, 3.8) is 0 Å². The number of halogens is 1. The number of nitrogens with one attached hydrogen (secondary N) is 1. The molecule has 1 amide bonds. The van der Waals surface area contributed by atoms with Crippen LogP contribution in [0.3, 0.4) is 0 Å². The third-order valence-corrected chi connectivity index (χ3v) is 3.39. The summed E-state index contributed by atoms with van der Waals surface area (Å²) in [5.41, 5.74) is 2.01. The van der Waals surface area contributed by atoms with Crippen LogP contribution in [0, 0.1) is 18.8 Å². The second-order valence-corrected chi connectivity index (χ2v) is 5.18. The van der Waals surface area contributed by atoms with E-state index in [2.05, 4.69) is 28.2 Å². The van der Waals surface area contributed by atoms with E-state index >= 15 is 0 Å². The van der Waals surface area contributed by atoms with Crippen LogP contribution in [0.1, 0.15) is 18.9 Å². The highest BCUT2D eigenvalue weighted by Crippen LogP contribution is 2.38. The van der Waals surface area contributed by atoms with E-state index in [0.717, 1.165) is 22.1 Å². The summed E-state index contributed by atoms with van der Waals surface area (Å²) in [5, 5.41) is 2.97. The minimum atomic E-state index is 0.160. The Labute approximate surface area is 98.2 Å². The number of aryl methyl sites for hydroxylation is 1. The molecule has 2 rings (SSSR count). The average Bonchev–Trinajstić information content (AvgIpc) is 2.88. The lowest BCUT2D eigenvalue weighted by molar-refractivity contribution is -0.117. The summed E-state index contributed by atoms with van der Waals surface area (Å²) < 4.78 is 1.04. The Bertz CT molecular complexity index is 403. The van der Waals surface area contributed by atoms with Gasteiger partial charge >= 0.3 is 0 Å². The molecule has 0 aliphatic heterocycles. The minimum absolute atomic E-state index is 0.160. The molecule has 0 heterocycles. The molecule has 1 fully saturated rings. The maximum atomic E-state index is 11.7. The van der Waals surface area contributed by atoms with Crippen molar-refractivity contribution in [2.24, 2.45) is 11.8 Å². The highest BCUT2D eigenvalue weighted by atomic mass is 79.9. The molecule has 1 aromatic rings. The van der Waals surface area contributed by atoms with E-state index in [1.807, 2.05) is 25.1 Å². The fourth-order valence-electron chi connectivity index (χ4n) is 1.68. The van der Waals surface area contributed by atoms with Crippen molar-refractivity contribution in [1.82, 2.24) is 0 Å². The molecule has 2 atom stereocenters. The van der Waals surface area contributed by atoms with Crippen LogP contribution < -0.4 is 5.32 Å². The molecule has 15 heavy (non-hydrogen) atoms. The van der Waals surface area contributed by atoms with E-state index in [1.165, 1.54) is 0 Å². The van der Waals surface area contributed by atoms with Crippen LogP contribution in [0.5, 0.6) is 0 Å². The highest BCUT2D eigenvalue weighted by Gasteiger charge is 2.39. The molecule has 0 saturated heterocycles. The fourth-order valence-corrected chi connectivity index (χ4v) is 2.16. The summed E-state index contributed by atoms with van der Waals surface area (Å²) in [6.45, 7) is 4.11. The number of anilines is 1. The lowest BCUT2D eigenvalue weighted by atomic mass is 10.2. The molecule has 1 aliphatic rings. The molecular weight excluding hydrogens is 254 g/mol. The zero-order valence-electron chi connectivity index (χ0n) is 8.88. The van der Waals surface area contributed by atoms with Gasteiger partial charge in [0.2, 0.25) is 5.91 Å². The molecule has 2 nitrogen and oxygen atoms in total. The normalized spacial score (nSPS) is 23.7. The van der Waals surface area contributed by atoms with Crippen molar-refractivity contribution in [1.29, 1.82) is 0 Å². The maximum Gasteiger partial charge on any atom is 0.227 e. The number of benzene rings is 1. The molecule has 0 aromatic heterocycles. The van der Waals surface area contributed by atoms with Crippen LogP contribution in [0.15, 0.2) is 22.7 Å². The summed E-state index contributed by atoms with van der Waals surface area (Å²) >= 11 is 3.40. The number of hydrogen-bond donors (Lipinski definition) is 1. The van der Waals surface area contributed by atoms with Gasteiger partial charge in [0, 0.05) is 16.1 Å². The van der Waals surface area contributed by atoms with Crippen molar-refractivity contribution >= 4 is 27.5 Å². The Morgan fingerprint density at radius 1 is 1.53 bits per heavy atom. The SMILES string of the molecule is Cc1cc(Br)ccc1NC(=O)C1CC1C. The van der Waals surface area contributed by atoms with Crippen LogP contribution in [0.4, 0.5) is 5.69 Å². The van der Waals surface area contributed by atoms with Gasteiger partial charge in [-0.05, 0) is 43.0 Å². The van der Waals surface area contributed by atoms with Crippen LogP contribution >= 0.6 is 15.9 Å². The summed E-state index contributed by atoms with van der Waals surface area (Å²) in [7, 11) is 0. The topological polar surface area (TPSA) is 29.1 Å². The Morgan fingerprint density at radius 2 is 2.20 bits per heavy atom. The van der Waals surface area contributed by atoms with Gasteiger partial charge in [-0.15, -0.1) is 0 Å². The molecule has 1 aliphatic carbocycles. The van der Waals surface area contributed by atoms with Crippen molar-refractivity contribution in [3.8, 4) is 0 Å². The summed E-state index contributed by atoms with van der Waals surface area (Å²) in [6, 6.07) is 5.88. The van der Waals surface area contributed by atoms with Crippen LogP contribution in [0.25, 0.3) is 0 Å². The standard InChI is InChI=1S/C12H14BrNO/c1-7-6-10(7)12(15)14-11-4-3-9(13)5-8(11)2/h3-5,7,10H,6H2,1-2H3,(H,14,15). The van der Waals surface area contributed by atoms with E-state index < -0.39 is 0 Å². The number of carbonyl (C=O) groups excluding carboxylic acids is 1. The van der Waals surface area contributed by atoms with Crippen molar-refractivity contribution in [2.75, 3.05) is 5.32 Å². The predicted molar refractivity (Wildman–Crippen MR) is 64.8 cm³/mol. The molecule has 0 radical (unpaired) electrons. The lowest BCUT2D eigenvalue weighted by Gasteiger charge is -2.08. The van der Waals surface area contributed by atoms with Gasteiger partial charge in [0.1, 0.15) is 0 Å². The summed E-state index contributed by atoms with van der Waals surface area (Å²) in [6.07, 6.45) is 1.03. The van der Waals surface area contributed by atoms with Crippen LogP contribution in [0.2, 0.25) is 0 Å². The minimum Gasteiger partial charge on any atom is -0.326 e. The predicted octanol–water partition coefficient (Wildman–Crippen LogP) is 3.35. The van der Waals surface area contributed by atoms with Crippen LogP contribution in [-0.2, 0) is 4.79 Å². The summed E-state index contributed by atoms with van der Waals surface area (Å²) in [5.74, 6) is 0.946. The van der Waals surface area contributed by atoms with Gasteiger partial charge in [-0.2, -0.15) is 0 Å². The molecule has 1 N–H and O–H groups in total. The largest absolute Gasteiger partial charge is 0.326 e. The molecule has 0 bridgehead atoms. The fraction of sp³-hybridized carbons (Fsp3) is 0.417. The third kappa shape index (κ3) is 2.40. The number of carbonyl (C=O) groups is 1. The zero-order chi connectivity index (χ0) is 11.0. The van der Waals surface area contributed by atoms with E-state index in [4.69, 9.17) is 0 Å². The van der Waals surface area contributed by atoms with E-state index in [-0.39, 0.29) is 11.8 Å². The average molecular weight is 268 g/mol. The zero-order valence-corrected chi connectivity index (χ0v) is 10.5.